The van der Waals surface area contributed by atoms with Gasteiger partial charge in [0.1, 0.15) is 0 Å². The number of aromatic nitrogens is 3. The summed E-state index contributed by atoms with van der Waals surface area (Å²) < 4.78 is 26.1. The highest BCUT2D eigenvalue weighted by Gasteiger charge is 2.12. The molecule has 1 aromatic heterocycles. The molecule has 2 aromatic carbocycles. The average Bonchev–Trinajstić information content (AvgIpc) is 3.02. The number of aromatic amines is 1. The van der Waals surface area contributed by atoms with Crippen LogP contribution in [0.5, 0.6) is 0 Å². The Labute approximate surface area is 167 Å². The first-order chi connectivity index (χ1) is 13.5. The van der Waals surface area contributed by atoms with Gasteiger partial charge in [-0.2, -0.15) is 8.78 Å². The Kier molecular flexibility index (Phi) is 6.88. The molecule has 0 spiro atoms. The highest BCUT2D eigenvalue weighted by Crippen LogP contribution is 2.26. The molecular weight excluding hydrogens is 406 g/mol. The molecule has 3 aromatic rings. The molecule has 1 amide bonds. The van der Waals surface area contributed by atoms with Crippen molar-refractivity contribution in [3.05, 3.63) is 70.6 Å². The quantitative estimate of drug-likeness (QED) is 0.542. The second-order valence-electron chi connectivity index (χ2n) is 5.62. The molecule has 0 saturated carbocycles. The molecular formula is C18H16F2N4O2S2. The molecule has 0 fully saturated rings. The lowest BCUT2D eigenvalue weighted by Gasteiger charge is -2.07. The summed E-state index contributed by atoms with van der Waals surface area (Å²) in [6.45, 7) is 0.351. The summed E-state index contributed by atoms with van der Waals surface area (Å²) in [7, 11) is 0. The lowest BCUT2D eigenvalue weighted by Crippen LogP contribution is -2.19. The third-order valence-corrected chi connectivity index (χ3v) is 5.30. The van der Waals surface area contributed by atoms with E-state index in [0.717, 1.165) is 17.3 Å². The second kappa shape index (κ2) is 9.56. The Balaban J connectivity index is 1.57. The molecule has 0 atom stereocenters. The predicted octanol–water partition coefficient (Wildman–Crippen LogP) is 3.67. The van der Waals surface area contributed by atoms with E-state index in [9.17, 15) is 18.4 Å². The largest absolute Gasteiger partial charge is 0.344 e. The number of alkyl halides is 2. The maximum Gasteiger partial charge on any atom is 0.344 e. The van der Waals surface area contributed by atoms with Crippen LogP contribution >= 0.6 is 23.5 Å². The molecule has 0 saturated heterocycles. The number of thioether (sulfide) groups is 2. The standard InChI is InChI=1S/C18H16F2N4O2S2/c19-16(20)28-14-8-6-13(7-9-14)21-15(25)11-27-18-23-22-17(26)24(18)10-12-4-2-1-3-5-12/h1-9,16H,10-11H2,(H,21,25)(H,22,26). The van der Waals surface area contributed by atoms with Crippen molar-refractivity contribution in [1.82, 2.24) is 14.8 Å². The topological polar surface area (TPSA) is 79.8 Å². The molecule has 146 valence electrons. The first-order valence-corrected chi connectivity index (χ1v) is 10.0. The van der Waals surface area contributed by atoms with Crippen LogP contribution in [0.1, 0.15) is 5.56 Å². The molecule has 6 nitrogen and oxygen atoms in total. The zero-order chi connectivity index (χ0) is 19.9. The van der Waals surface area contributed by atoms with E-state index in [2.05, 4.69) is 15.5 Å². The Hall–Kier alpha value is -2.59. The van der Waals surface area contributed by atoms with E-state index in [1.165, 1.54) is 16.7 Å². The number of nitrogens with zero attached hydrogens (tertiary/aromatic N) is 2. The molecule has 2 N–H and O–H groups in total. The monoisotopic (exact) mass is 422 g/mol. The number of carbonyl (C=O) groups excluding carboxylic acids is 1. The number of benzene rings is 2. The van der Waals surface area contributed by atoms with Crippen LogP contribution in [-0.4, -0.2) is 32.2 Å². The lowest BCUT2D eigenvalue weighted by molar-refractivity contribution is -0.113. The minimum Gasteiger partial charge on any atom is -0.325 e. The number of anilines is 1. The summed E-state index contributed by atoms with van der Waals surface area (Å²) in [6, 6.07) is 15.6. The minimum absolute atomic E-state index is 0.0482. The smallest absolute Gasteiger partial charge is 0.325 e. The predicted molar refractivity (Wildman–Crippen MR) is 106 cm³/mol. The van der Waals surface area contributed by atoms with Crippen molar-refractivity contribution in [3.63, 3.8) is 0 Å². The molecule has 0 aliphatic carbocycles. The van der Waals surface area contributed by atoms with Gasteiger partial charge >= 0.3 is 5.69 Å². The van der Waals surface area contributed by atoms with Gasteiger partial charge in [-0.3, -0.25) is 9.36 Å². The summed E-state index contributed by atoms with van der Waals surface area (Å²) in [5.41, 5.74) is 1.10. The third-order valence-electron chi connectivity index (χ3n) is 3.60. The van der Waals surface area contributed by atoms with Crippen molar-refractivity contribution in [2.45, 2.75) is 22.4 Å². The maximum absolute atomic E-state index is 12.3. The summed E-state index contributed by atoms with van der Waals surface area (Å²) in [5, 5.41) is 9.46. The summed E-state index contributed by atoms with van der Waals surface area (Å²) >= 11 is 1.58. The molecule has 1 heterocycles. The summed E-state index contributed by atoms with van der Waals surface area (Å²) in [5.74, 6) is -2.73. The van der Waals surface area contributed by atoms with Gasteiger partial charge in [-0.1, -0.05) is 53.9 Å². The molecule has 0 aliphatic rings. The number of carbonyl (C=O) groups is 1. The Morgan fingerprint density at radius 2 is 1.86 bits per heavy atom. The number of nitrogens with one attached hydrogen (secondary N) is 2. The molecule has 28 heavy (non-hydrogen) atoms. The number of hydrogen-bond acceptors (Lipinski definition) is 5. The van der Waals surface area contributed by atoms with Gasteiger partial charge in [-0.05, 0) is 29.8 Å². The van der Waals surface area contributed by atoms with Gasteiger partial charge in [0.25, 0.3) is 5.76 Å². The van der Waals surface area contributed by atoms with E-state index in [4.69, 9.17) is 0 Å². The molecule has 0 bridgehead atoms. The molecule has 10 heteroatoms. The zero-order valence-corrected chi connectivity index (χ0v) is 16.1. The fraction of sp³-hybridized carbons (Fsp3) is 0.167. The summed E-state index contributed by atoms with van der Waals surface area (Å²) in [4.78, 5) is 24.5. The van der Waals surface area contributed by atoms with Crippen molar-refractivity contribution in [2.24, 2.45) is 0 Å². The minimum atomic E-state index is -2.49. The van der Waals surface area contributed by atoms with Gasteiger partial charge in [0, 0.05) is 10.6 Å². The van der Waals surface area contributed by atoms with Crippen molar-refractivity contribution < 1.29 is 13.6 Å². The first kappa shape index (κ1) is 20.2. The van der Waals surface area contributed by atoms with Crippen molar-refractivity contribution in [1.29, 1.82) is 0 Å². The summed E-state index contributed by atoms with van der Waals surface area (Å²) in [6.07, 6.45) is 0. The van der Waals surface area contributed by atoms with Crippen LogP contribution < -0.4 is 11.0 Å². The molecule has 0 radical (unpaired) electrons. The van der Waals surface area contributed by atoms with Gasteiger partial charge in [-0.25, -0.2) is 9.89 Å². The zero-order valence-electron chi connectivity index (χ0n) is 14.5. The first-order valence-electron chi connectivity index (χ1n) is 8.18. The molecule has 0 aliphatic heterocycles. The van der Waals surface area contributed by atoms with Gasteiger partial charge in [0.2, 0.25) is 5.91 Å². The normalized spacial score (nSPS) is 11.0. The van der Waals surface area contributed by atoms with Gasteiger partial charge in [0.15, 0.2) is 5.16 Å². The fourth-order valence-corrected chi connectivity index (χ4v) is 3.61. The van der Waals surface area contributed by atoms with E-state index >= 15 is 0 Å². The van der Waals surface area contributed by atoms with Crippen molar-refractivity contribution in [3.8, 4) is 0 Å². The number of amides is 1. The van der Waals surface area contributed by atoms with Crippen LogP contribution in [0.15, 0.2) is 69.4 Å². The van der Waals surface area contributed by atoms with Gasteiger partial charge in [-0.15, -0.1) is 5.10 Å². The average molecular weight is 422 g/mol. The third kappa shape index (κ3) is 5.70. The highest BCUT2D eigenvalue weighted by atomic mass is 32.2. The van der Waals surface area contributed by atoms with E-state index in [1.807, 2.05) is 30.3 Å². The van der Waals surface area contributed by atoms with Crippen LogP contribution in [0.2, 0.25) is 0 Å². The SMILES string of the molecule is O=C(CSc1n[nH]c(=O)n1Cc1ccccc1)Nc1ccc(SC(F)F)cc1. The van der Waals surface area contributed by atoms with Crippen LogP contribution in [0.25, 0.3) is 0 Å². The van der Waals surface area contributed by atoms with Crippen molar-refractivity contribution >= 4 is 35.1 Å². The van der Waals surface area contributed by atoms with Gasteiger partial charge in [0.05, 0.1) is 12.3 Å². The van der Waals surface area contributed by atoms with Gasteiger partial charge < -0.3 is 5.32 Å². The van der Waals surface area contributed by atoms with E-state index < -0.39 is 5.76 Å². The fourth-order valence-electron chi connectivity index (χ4n) is 2.37. The molecule has 0 unspecified atom stereocenters. The lowest BCUT2D eigenvalue weighted by atomic mass is 10.2. The van der Waals surface area contributed by atoms with Crippen LogP contribution in [0, 0.1) is 0 Å². The Morgan fingerprint density at radius 1 is 1.14 bits per heavy atom. The highest BCUT2D eigenvalue weighted by molar-refractivity contribution is 8.00. The Bertz CT molecular complexity index is 975. The van der Waals surface area contributed by atoms with Crippen molar-refractivity contribution in [2.75, 3.05) is 11.1 Å². The van der Waals surface area contributed by atoms with E-state index in [-0.39, 0.29) is 17.3 Å². The van der Waals surface area contributed by atoms with Crippen LogP contribution in [0.3, 0.4) is 0 Å². The number of rotatable bonds is 8. The second-order valence-corrected chi connectivity index (χ2v) is 7.63. The van der Waals surface area contributed by atoms with Crippen LogP contribution in [0.4, 0.5) is 14.5 Å². The van der Waals surface area contributed by atoms with E-state index in [0.29, 0.717) is 34.0 Å². The number of hydrogen-bond donors (Lipinski definition) is 2. The van der Waals surface area contributed by atoms with Crippen LogP contribution in [-0.2, 0) is 11.3 Å². The maximum atomic E-state index is 12.3. The number of H-pyrrole nitrogens is 1. The Morgan fingerprint density at radius 3 is 2.54 bits per heavy atom. The van der Waals surface area contributed by atoms with E-state index in [1.54, 1.807) is 12.1 Å². The number of halogens is 2. The molecule has 3 rings (SSSR count).